The predicted molar refractivity (Wildman–Crippen MR) is 88.5 cm³/mol. The smallest absolute Gasteiger partial charge is 0.133 e. The number of rotatable bonds is 2. The average Bonchev–Trinajstić information content (AvgIpc) is 3.34. The Morgan fingerprint density at radius 3 is 2.96 bits per heavy atom. The van der Waals surface area contributed by atoms with E-state index in [1.54, 1.807) is 0 Å². The van der Waals surface area contributed by atoms with Crippen molar-refractivity contribution in [2.75, 3.05) is 13.1 Å². The molecule has 3 atom stereocenters. The molecule has 0 radical (unpaired) electrons. The maximum Gasteiger partial charge on any atom is 0.133 e. The Labute approximate surface area is 137 Å². The second-order valence-corrected chi connectivity index (χ2v) is 8.32. The van der Waals surface area contributed by atoms with Gasteiger partial charge in [-0.25, -0.2) is 0 Å². The normalized spacial score (nSPS) is 36.4. The molecule has 2 saturated carbocycles. The van der Waals surface area contributed by atoms with E-state index in [1.807, 2.05) is 12.1 Å². The lowest BCUT2D eigenvalue weighted by molar-refractivity contribution is -0.127. The zero-order valence-corrected chi connectivity index (χ0v) is 13.6. The van der Waals surface area contributed by atoms with Gasteiger partial charge in [-0.2, -0.15) is 0 Å². The van der Waals surface area contributed by atoms with Gasteiger partial charge in [0, 0.05) is 30.8 Å². The first-order valence-corrected chi connectivity index (χ1v) is 9.24. The Bertz CT molecular complexity index is 666. The highest BCUT2D eigenvalue weighted by Gasteiger charge is 2.55. The summed E-state index contributed by atoms with van der Waals surface area (Å²) >= 11 is 0. The first-order chi connectivity index (χ1) is 11.2. The SMILES string of the molecule is O=C1CC[C@@H]2C3Cc4ccc(O)cc4C2(CCN3CC2CC2)C1. The first-order valence-electron chi connectivity index (χ1n) is 9.24. The minimum Gasteiger partial charge on any atom is -0.508 e. The summed E-state index contributed by atoms with van der Waals surface area (Å²) < 4.78 is 0. The highest BCUT2D eigenvalue weighted by atomic mass is 16.3. The second-order valence-electron chi connectivity index (χ2n) is 8.32. The minimum atomic E-state index is 0.00632. The molecule has 23 heavy (non-hydrogen) atoms. The first kappa shape index (κ1) is 14.0. The van der Waals surface area contributed by atoms with Gasteiger partial charge >= 0.3 is 0 Å². The number of likely N-dealkylation sites (tertiary alicyclic amines) is 1. The lowest BCUT2D eigenvalue weighted by atomic mass is 9.52. The van der Waals surface area contributed by atoms with Gasteiger partial charge in [0.25, 0.3) is 0 Å². The fourth-order valence-corrected chi connectivity index (χ4v) is 5.75. The number of hydrogen-bond acceptors (Lipinski definition) is 3. The quantitative estimate of drug-likeness (QED) is 0.912. The number of Topliss-reactive ketones (excluding diaryl/α,β-unsaturated/α-hetero) is 1. The number of hydrogen-bond donors (Lipinski definition) is 1. The van der Waals surface area contributed by atoms with Crippen molar-refractivity contribution in [1.82, 2.24) is 4.90 Å². The van der Waals surface area contributed by atoms with Crippen LogP contribution in [0.4, 0.5) is 0 Å². The van der Waals surface area contributed by atoms with Crippen molar-refractivity contribution in [3.05, 3.63) is 29.3 Å². The number of ketones is 1. The molecule has 3 fully saturated rings. The zero-order valence-electron chi connectivity index (χ0n) is 13.6. The van der Waals surface area contributed by atoms with Crippen molar-refractivity contribution in [3.63, 3.8) is 0 Å². The van der Waals surface area contributed by atoms with Crippen LogP contribution in [0.3, 0.4) is 0 Å². The summed E-state index contributed by atoms with van der Waals surface area (Å²) in [6.45, 7) is 2.39. The van der Waals surface area contributed by atoms with Gasteiger partial charge in [-0.1, -0.05) is 6.07 Å². The molecule has 2 unspecified atom stereocenters. The lowest BCUT2D eigenvalue weighted by Gasteiger charge is -2.58. The third-order valence-corrected chi connectivity index (χ3v) is 6.98. The van der Waals surface area contributed by atoms with Crippen molar-refractivity contribution < 1.29 is 9.90 Å². The maximum absolute atomic E-state index is 12.3. The molecule has 122 valence electrons. The van der Waals surface area contributed by atoms with Gasteiger partial charge in [-0.05, 0) is 73.7 Å². The molecule has 0 spiro atoms. The molecule has 0 aromatic heterocycles. The summed E-state index contributed by atoms with van der Waals surface area (Å²) in [6, 6.07) is 6.50. The molecular formula is C20H25NO2. The number of piperidine rings is 1. The number of phenols is 1. The van der Waals surface area contributed by atoms with Gasteiger partial charge in [0.1, 0.15) is 11.5 Å². The van der Waals surface area contributed by atoms with Crippen LogP contribution in [0.25, 0.3) is 0 Å². The van der Waals surface area contributed by atoms with Crippen LogP contribution in [0.15, 0.2) is 18.2 Å². The third-order valence-electron chi connectivity index (χ3n) is 6.98. The number of benzene rings is 1. The number of phenolic OH excluding ortho intramolecular Hbond substituents is 1. The number of carbonyl (C=O) groups is 1. The van der Waals surface area contributed by atoms with E-state index in [2.05, 4.69) is 11.0 Å². The average molecular weight is 311 g/mol. The summed E-state index contributed by atoms with van der Waals surface area (Å²) in [4.78, 5) is 15.0. The molecule has 4 aliphatic rings. The van der Waals surface area contributed by atoms with E-state index in [1.165, 1.54) is 30.5 Å². The minimum absolute atomic E-state index is 0.00632. The molecule has 1 N–H and O–H groups in total. The zero-order chi connectivity index (χ0) is 15.6. The number of aromatic hydroxyl groups is 1. The van der Waals surface area contributed by atoms with Gasteiger partial charge in [0.15, 0.2) is 0 Å². The summed E-state index contributed by atoms with van der Waals surface area (Å²) in [6.07, 6.45) is 7.49. The highest BCUT2D eigenvalue weighted by Crippen LogP contribution is 2.55. The van der Waals surface area contributed by atoms with Gasteiger partial charge in [0.2, 0.25) is 0 Å². The predicted octanol–water partition coefficient (Wildman–Crippen LogP) is 3.04. The largest absolute Gasteiger partial charge is 0.508 e. The van der Waals surface area contributed by atoms with Gasteiger partial charge in [-0.15, -0.1) is 0 Å². The van der Waals surface area contributed by atoms with E-state index >= 15 is 0 Å². The van der Waals surface area contributed by atoms with Crippen LogP contribution >= 0.6 is 0 Å². The van der Waals surface area contributed by atoms with Crippen molar-refractivity contribution in [2.24, 2.45) is 11.8 Å². The highest BCUT2D eigenvalue weighted by molar-refractivity contribution is 5.81. The van der Waals surface area contributed by atoms with Crippen LogP contribution in [0, 0.1) is 11.8 Å². The summed E-state index contributed by atoms with van der Waals surface area (Å²) in [5, 5.41) is 10.0. The molecule has 3 heteroatoms. The third kappa shape index (κ3) is 2.09. The molecular weight excluding hydrogens is 286 g/mol. The summed E-state index contributed by atoms with van der Waals surface area (Å²) in [5.41, 5.74) is 2.67. The van der Waals surface area contributed by atoms with Crippen LogP contribution in [0.5, 0.6) is 5.75 Å². The van der Waals surface area contributed by atoms with Crippen molar-refractivity contribution in [1.29, 1.82) is 0 Å². The molecule has 0 amide bonds. The summed E-state index contributed by atoms with van der Waals surface area (Å²) in [5.74, 6) is 2.30. The fourth-order valence-electron chi connectivity index (χ4n) is 5.75. The van der Waals surface area contributed by atoms with E-state index in [4.69, 9.17) is 0 Å². The molecule has 3 nitrogen and oxygen atoms in total. The van der Waals surface area contributed by atoms with Crippen LogP contribution in [0.1, 0.15) is 49.7 Å². The summed E-state index contributed by atoms with van der Waals surface area (Å²) in [7, 11) is 0. The molecule has 1 aromatic rings. The van der Waals surface area contributed by atoms with Crippen LogP contribution in [0.2, 0.25) is 0 Å². The standard InChI is InChI=1S/C20H25NO2/c22-15-4-3-14-9-19-17-6-5-16(23)11-20(17,18(14)10-15)7-8-21(19)12-13-1-2-13/h3-4,10,13,17,19,22H,1-2,5-9,11-12H2/t17-,19?,20?/m1/s1. The molecule has 3 aliphatic carbocycles. The molecule has 5 rings (SSSR count). The second kappa shape index (κ2) is 4.83. The van der Waals surface area contributed by atoms with Gasteiger partial charge in [0.05, 0.1) is 0 Å². The van der Waals surface area contributed by atoms with E-state index in [0.717, 1.165) is 38.1 Å². The molecule has 1 heterocycles. The van der Waals surface area contributed by atoms with E-state index in [9.17, 15) is 9.90 Å². The van der Waals surface area contributed by atoms with Crippen molar-refractivity contribution in [2.45, 2.75) is 56.4 Å². The van der Waals surface area contributed by atoms with E-state index in [-0.39, 0.29) is 5.41 Å². The Kier molecular flexibility index (Phi) is 2.94. The topological polar surface area (TPSA) is 40.5 Å². The maximum atomic E-state index is 12.3. The molecule has 1 aromatic carbocycles. The Balaban J connectivity index is 1.60. The Hall–Kier alpha value is -1.35. The number of carbonyl (C=O) groups excluding carboxylic acids is 1. The van der Waals surface area contributed by atoms with Gasteiger partial charge in [-0.3, -0.25) is 9.69 Å². The lowest BCUT2D eigenvalue weighted by Crippen LogP contribution is -2.62. The Morgan fingerprint density at radius 2 is 2.13 bits per heavy atom. The molecule has 1 saturated heterocycles. The van der Waals surface area contributed by atoms with E-state index in [0.29, 0.717) is 29.9 Å². The van der Waals surface area contributed by atoms with Gasteiger partial charge < -0.3 is 5.11 Å². The number of nitrogens with zero attached hydrogens (tertiary/aromatic N) is 1. The van der Waals surface area contributed by atoms with Crippen LogP contribution in [-0.4, -0.2) is 34.9 Å². The van der Waals surface area contributed by atoms with Crippen LogP contribution in [-0.2, 0) is 16.6 Å². The molecule has 2 bridgehead atoms. The van der Waals surface area contributed by atoms with Crippen molar-refractivity contribution >= 4 is 5.78 Å². The number of fused-ring (bicyclic) bond motifs is 1. The Morgan fingerprint density at radius 1 is 1.26 bits per heavy atom. The van der Waals surface area contributed by atoms with Crippen LogP contribution < -0.4 is 0 Å². The molecule has 1 aliphatic heterocycles. The fraction of sp³-hybridized carbons (Fsp3) is 0.650. The van der Waals surface area contributed by atoms with E-state index < -0.39 is 0 Å². The van der Waals surface area contributed by atoms with Crippen molar-refractivity contribution in [3.8, 4) is 5.75 Å². The monoisotopic (exact) mass is 311 g/mol.